The lowest BCUT2D eigenvalue weighted by Crippen LogP contribution is -2.35. The van der Waals surface area contributed by atoms with Crippen molar-refractivity contribution in [2.24, 2.45) is 0 Å². The predicted molar refractivity (Wildman–Crippen MR) is 102 cm³/mol. The molecule has 0 aliphatic carbocycles. The van der Waals surface area contributed by atoms with Crippen LogP contribution in [0, 0.1) is 0 Å². The van der Waals surface area contributed by atoms with E-state index in [1.807, 2.05) is 6.07 Å². The molecular weight excluding hydrogens is 300 g/mol. The van der Waals surface area contributed by atoms with E-state index >= 15 is 0 Å². The zero-order valence-corrected chi connectivity index (χ0v) is 13.8. The number of hydrogen-bond acceptors (Lipinski definition) is 1. The second-order valence-corrected chi connectivity index (χ2v) is 5.89. The number of nitrogens with one attached hydrogen (secondary N) is 2. The molecule has 0 aliphatic heterocycles. The maximum atomic E-state index is 5.37. The molecule has 0 saturated carbocycles. The largest absolute Gasteiger partial charge is 0.362 e. The van der Waals surface area contributed by atoms with Gasteiger partial charge >= 0.3 is 0 Å². The number of benzene rings is 3. The summed E-state index contributed by atoms with van der Waals surface area (Å²) >= 11 is 5.37. The van der Waals surface area contributed by atoms with Gasteiger partial charge in [0, 0.05) is 13.1 Å². The summed E-state index contributed by atoms with van der Waals surface area (Å²) in [5, 5.41) is 9.80. The second kappa shape index (κ2) is 7.75. The molecule has 0 aliphatic rings. The normalized spacial score (nSPS) is 10.4. The molecule has 3 rings (SSSR count). The molecule has 0 heterocycles. The van der Waals surface area contributed by atoms with E-state index in [1.165, 1.54) is 21.9 Å². The molecule has 0 amide bonds. The second-order valence-electron chi connectivity index (χ2n) is 5.48. The minimum atomic E-state index is 0.703. The number of fused-ring (bicyclic) bond motifs is 1. The Labute approximate surface area is 142 Å². The van der Waals surface area contributed by atoms with Crippen LogP contribution >= 0.6 is 12.2 Å². The van der Waals surface area contributed by atoms with Crippen LogP contribution in [0.4, 0.5) is 0 Å². The Morgan fingerprint density at radius 1 is 0.783 bits per heavy atom. The van der Waals surface area contributed by atoms with E-state index in [-0.39, 0.29) is 0 Å². The van der Waals surface area contributed by atoms with Gasteiger partial charge in [0.15, 0.2) is 5.11 Å². The third-order valence-electron chi connectivity index (χ3n) is 3.86. The van der Waals surface area contributed by atoms with E-state index in [2.05, 4.69) is 77.4 Å². The first-order chi connectivity index (χ1) is 11.3. The molecule has 0 bridgehead atoms. The van der Waals surface area contributed by atoms with Gasteiger partial charge in [0.25, 0.3) is 0 Å². The Kier molecular flexibility index (Phi) is 5.22. The molecule has 0 saturated heterocycles. The molecule has 0 radical (unpaired) electrons. The van der Waals surface area contributed by atoms with Crippen molar-refractivity contribution in [2.75, 3.05) is 6.54 Å². The molecule has 3 aromatic carbocycles. The van der Waals surface area contributed by atoms with E-state index in [0.29, 0.717) is 5.11 Å². The molecule has 3 heteroatoms. The molecule has 0 fully saturated rings. The van der Waals surface area contributed by atoms with Crippen LogP contribution in [0.25, 0.3) is 10.8 Å². The summed E-state index contributed by atoms with van der Waals surface area (Å²) in [5.74, 6) is 0. The first-order valence-corrected chi connectivity index (χ1v) is 8.26. The van der Waals surface area contributed by atoms with E-state index in [0.717, 1.165) is 19.5 Å². The third kappa shape index (κ3) is 4.30. The highest BCUT2D eigenvalue weighted by Gasteiger charge is 2.01. The van der Waals surface area contributed by atoms with Crippen molar-refractivity contribution in [1.29, 1.82) is 0 Å². The Bertz CT molecular complexity index is 779. The SMILES string of the molecule is S=C(NCCc1ccccc1)NCc1cccc2ccccc12. The maximum Gasteiger partial charge on any atom is 0.166 e. The molecule has 116 valence electrons. The third-order valence-corrected chi connectivity index (χ3v) is 4.15. The van der Waals surface area contributed by atoms with Crippen LogP contribution in [-0.2, 0) is 13.0 Å². The highest BCUT2D eigenvalue weighted by molar-refractivity contribution is 7.80. The highest BCUT2D eigenvalue weighted by Crippen LogP contribution is 2.18. The average Bonchev–Trinajstić information content (AvgIpc) is 2.61. The van der Waals surface area contributed by atoms with Crippen LogP contribution in [0.1, 0.15) is 11.1 Å². The summed E-state index contributed by atoms with van der Waals surface area (Å²) < 4.78 is 0. The van der Waals surface area contributed by atoms with Gasteiger partial charge in [0.05, 0.1) is 0 Å². The van der Waals surface area contributed by atoms with Gasteiger partial charge in [-0.05, 0) is 40.5 Å². The number of hydrogen-bond donors (Lipinski definition) is 2. The first-order valence-electron chi connectivity index (χ1n) is 7.85. The highest BCUT2D eigenvalue weighted by atomic mass is 32.1. The lowest BCUT2D eigenvalue weighted by atomic mass is 10.0. The molecule has 0 aromatic heterocycles. The summed E-state index contributed by atoms with van der Waals surface area (Å²) in [6, 6.07) is 25.2. The summed E-state index contributed by atoms with van der Waals surface area (Å²) in [6.45, 7) is 1.57. The summed E-state index contributed by atoms with van der Waals surface area (Å²) in [4.78, 5) is 0. The van der Waals surface area contributed by atoms with Gasteiger partial charge in [0.2, 0.25) is 0 Å². The van der Waals surface area contributed by atoms with E-state index in [1.54, 1.807) is 0 Å². The summed E-state index contributed by atoms with van der Waals surface area (Å²) in [5.41, 5.74) is 2.58. The lowest BCUT2D eigenvalue weighted by Gasteiger charge is -2.12. The van der Waals surface area contributed by atoms with Crippen LogP contribution < -0.4 is 10.6 Å². The van der Waals surface area contributed by atoms with Crippen LogP contribution in [0.2, 0.25) is 0 Å². The monoisotopic (exact) mass is 320 g/mol. The average molecular weight is 320 g/mol. The number of thiocarbonyl (C=S) groups is 1. The summed E-state index contributed by atoms with van der Waals surface area (Å²) in [7, 11) is 0. The van der Waals surface area contributed by atoms with Gasteiger partial charge < -0.3 is 10.6 Å². The van der Waals surface area contributed by atoms with Crippen molar-refractivity contribution >= 4 is 28.1 Å². The maximum absolute atomic E-state index is 5.37. The molecular formula is C20H20N2S. The minimum absolute atomic E-state index is 0.703. The fraction of sp³-hybridized carbons (Fsp3) is 0.150. The van der Waals surface area contributed by atoms with Gasteiger partial charge in [-0.3, -0.25) is 0 Å². The molecule has 2 N–H and O–H groups in total. The molecule has 2 nitrogen and oxygen atoms in total. The van der Waals surface area contributed by atoms with Crippen molar-refractivity contribution in [3.8, 4) is 0 Å². The van der Waals surface area contributed by atoms with Gasteiger partial charge in [-0.15, -0.1) is 0 Å². The van der Waals surface area contributed by atoms with Gasteiger partial charge in [0.1, 0.15) is 0 Å². The molecule has 23 heavy (non-hydrogen) atoms. The smallest absolute Gasteiger partial charge is 0.166 e. The zero-order chi connectivity index (χ0) is 15.9. The Morgan fingerprint density at radius 3 is 2.39 bits per heavy atom. The van der Waals surface area contributed by atoms with Crippen molar-refractivity contribution in [3.63, 3.8) is 0 Å². The molecule has 0 spiro atoms. The van der Waals surface area contributed by atoms with Crippen molar-refractivity contribution in [1.82, 2.24) is 10.6 Å². The number of rotatable bonds is 5. The van der Waals surface area contributed by atoms with E-state index < -0.39 is 0 Å². The van der Waals surface area contributed by atoms with Crippen LogP contribution in [-0.4, -0.2) is 11.7 Å². The van der Waals surface area contributed by atoms with Crippen molar-refractivity contribution in [2.45, 2.75) is 13.0 Å². The zero-order valence-electron chi connectivity index (χ0n) is 13.0. The van der Waals surface area contributed by atoms with Gasteiger partial charge in [-0.2, -0.15) is 0 Å². The molecule has 3 aromatic rings. The predicted octanol–water partition coefficient (Wildman–Crippen LogP) is 4.05. The quantitative estimate of drug-likeness (QED) is 0.694. The summed E-state index contributed by atoms with van der Waals surface area (Å²) in [6.07, 6.45) is 0.969. The van der Waals surface area contributed by atoms with Gasteiger partial charge in [-0.1, -0.05) is 72.8 Å². The Balaban J connectivity index is 1.50. The topological polar surface area (TPSA) is 24.1 Å². The Hall–Kier alpha value is -2.39. The standard InChI is InChI=1S/C20H20N2S/c23-20(21-14-13-16-7-2-1-3-8-16)22-15-18-11-6-10-17-9-4-5-12-19(17)18/h1-12H,13-15H2,(H2,21,22,23). The van der Waals surface area contributed by atoms with E-state index in [4.69, 9.17) is 12.2 Å². The van der Waals surface area contributed by atoms with Crippen LogP contribution in [0.3, 0.4) is 0 Å². The van der Waals surface area contributed by atoms with Crippen LogP contribution in [0.5, 0.6) is 0 Å². The Morgan fingerprint density at radius 2 is 1.52 bits per heavy atom. The van der Waals surface area contributed by atoms with Crippen LogP contribution in [0.15, 0.2) is 72.8 Å². The first kappa shape index (κ1) is 15.5. The fourth-order valence-electron chi connectivity index (χ4n) is 2.65. The van der Waals surface area contributed by atoms with Crippen molar-refractivity contribution < 1.29 is 0 Å². The molecule has 0 atom stereocenters. The fourth-order valence-corrected chi connectivity index (χ4v) is 2.82. The lowest BCUT2D eigenvalue weighted by molar-refractivity contribution is 0.817. The van der Waals surface area contributed by atoms with Gasteiger partial charge in [-0.25, -0.2) is 0 Å². The minimum Gasteiger partial charge on any atom is -0.362 e. The van der Waals surface area contributed by atoms with E-state index in [9.17, 15) is 0 Å². The van der Waals surface area contributed by atoms with Crippen molar-refractivity contribution in [3.05, 3.63) is 83.9 Å². The molecule has 0 unspecified atom stereocenters.